The molecular weight excluding hydrogens is 310 g/mol. The topological polar surface area (TPSA) is 77.1 Å². The molecular formula is C12H9F4N3O3. The lowest BCUT2D eigenvalue weighted by atomic mass is 10.1. The summed E-state index contributed by atoms with van der Waals surface area (Å²) < 4.78 is 58.8. The third-order valence-corrected chi connectivity index (χ3v) is 2.44. The molecule has 0 amide bonds. The summed E-state index contributed by atoms with van der Waals surface area (Å²) >= 11 is 0. The van der Waals surface area contributed by atoms with Gasteiger partial charge in [0.15, 0.2) is 5.69 Å². The van der Waals surface area contributed by atoms with Crippen molar-refractivity contribution in [3.05, 3.63) is 29.7 Å². The van der Waals surface area contributed by atoms with Gasteiger partial charge in [-0.3, -0.25) is 0 Å². The minimum Gasteiger partial charge on any atom is -0.461 e. The summed E-state index contributed by atoms with van der Waals surface area (Å²) in [5, 5.41) is 9.19. The zero-order chi connectivity index (χ0) is 16.3. The van der Waals surface area contributed by atoms with Gasteiger partial charge in [0.05, 0.1) is 6.61 Å². The normalized spacial score (nSPS) is 11.3. The van der Waals surface area contributed by atoms with Gasteiger partial charge in [-0.2, -0.15) is 10.3 Å². The Hall–Kier alpha value is -2.65. The van der Waals surface area contributed by atoms with Gasteiger partial charge < -0.3 is 9.47 Å². The summed E-state index contributed by atoms with van der Waals surface area (Å²) in [6.07, 6.45) is -4.93. The van der Waals surface area contributed by atoms with Gasteiger partial charge >= 0.3 is 12.3 Å². The Bertz CT molecular complexity index is 684. The van der Waals surface area contributed by atoms with Gasteiger partial charge in [0.1, 0.15) is 17.3 Å². The van der Waals surface area contributed by atoms with Crippen LogP contribution in [-0.4, -0.2) is 34.3 Å². The van der Waals surface area contributed by atoms with E-state index in [4.69, 9.17) is 4.74 Å². The predicted molar refractivity (Wildman–Crippen MR) is 64.4 cm³/mol. The van der Waals surface area contributed by atoms with E-state index in [9.17, 15) is 22.4 Å². The van der Waals surface area contributed by atoms with Gasteiger partial charge in [0, 0.05) is 5.56 Å². The van der Waals surface area contributed by atoms with Crippen LogP contribution in [0.1, 0.15) is 17.4 Å². The lowest BCUT2D eigenvalue weighted by Gasteiger charge is -2.10. The number of hydrogen-bond acceptors (Lipinski definition) is 5. The molecule has 1 aromatic carbocycles. The minimum absolute atomic E-state index is 0.0465. The molecule has 2 rings (SSSR count). The molecule has 0 spiro atoms. The highest BCUT2D eigenvalue weighted by Gasteiger charge is 2.32. The van der Waals surface area contributed by atoms with E-state index in [2.05, 4.69) is 20.1 Å². The van der Waals surface area contributed by atoms with Crippen LogP contribution < -0.4 is 4.74 Å². The zero-order valence-electron chi connectivity index (χ0n) is 11.1. The largest absolute Gasteiger partial charge is 0.573 e. The highest BCUT2D eigenvalue weighted by Crippen LogP contribution is 2.30. The van der Waals surface area contributed by atoms with E-state index in [-0.39, 0.29) is 23.6 Å². The van der Waals surface area contributed by atoms with E-state index in [1.807, 2.05) is 0 Å². The van der Waals surface area contributed by atoms with Crippen molar-refractivity contribution in [1.29, 1.82) is 0 Å². The van der Waals surface area contributed by atoms with Gasteiger partial charge in [-0.15, -0.1) is 18.3 Å². The lowest BCUT2D eigenvalue weighted by molar-refractivity contribution is -0.274. The van der Waals surface area contributed by atoms with Gasteiger partial charge in [-0.05, 0) is 25.1 Å². The molecule has 2 aromatic rings. The smallest absolute Gasteiger partial charge is 0.461 e. The van der Waals surface area contributed by atoms with Crippen LogP contribution >= 0.6 is 0 Å². The second-order valence-corrected chi connectivity index (χ2v) is 3.93. The second-order valence-electron chi connectivity index (χ2n) is 3.93. The molecule has 0 saturated heterocycles. The lowest BCUT2D eigenvalue weighted by Crippen LogP contribution is -2.17. The van der Waals surface area contributed by atoms with Gasteiger partial charge in [-0.1, -0.05) is 0 Å². The number of halogens is 4. The van der Waals surface area contributed by atoms with Crippen molar-refractivity contribution >= 4 is 5.97 Å². The van der Waals surface area contributed by atoms with Crippen LogP contribution in [0.3, 0.4) is 0 Å². The number of nitrogens with one attached hydrogen (secondary N) is 1. The first kappa shape index (κ1) is 15.7. The quantitative estimate of drug-likeness (QED) is 0.692. The molecule has 0 unspecified atom stereocenters. The first-order valence-corrected chi connectivity index (χ1v) is 5.95. The number of H-pyrrole nitrogens is 1. The Balaban J connectivity index is 2.43. The number of rotatable bonds is 4. The Morgan fingerprint density at radius 1 is 1.32 bits per heavy atom. The molecule has 1 N–H and O–H groups in total. The number of hydrogen-bond donors (Lipinski definition) is 1. The van der Waals surface area contributed by atoms with E-state index in [0.717, 1.165) is 18.2 Å². The van der Waals surface area contributed by atoms with E-state index in [0.29, 0.717) is 0 Å². The average molecular weight is 319 g/mol. The van der Waals surface area contributed by atoms with Crippen LogP contribution in [0.2, 0.25) is 0 Å². The van der Waals surface area contributed by atoms with E-state index in [1.165, 1.54) is 0 Å². The number of ether oxygens (including phenoxy) is 2. The van der Waals surface area contributed by atoms with Crippen molar-refractivity contribution in [2.75, 3.05) is 6.61 Å². The summed E-state index contributed by atoms with van der Waals surface area (Å²) in [6.45, 7) is 1.60. The first-order valence-electron chi connectivity index (χ1n) is 5.95. The molecule has 0 aliphatic carbocycles. The van der Waals surface area contributed by atoms with Gasteiger partial charge in [0.25, 0.3) is 0 Å². The Kier molecular flexibility index (Phi) is 4.29. The standard InChI is InChI=1S/C12H9F4N3O3/c1-2-21-11(20)10-9(17-19-18-10)7-5-6(3-4-8(7)13)22-12(14,15)16/h3-5H,2H2,1H3,(H,17,18,19). The molecule has 118 valence electrons. The molecule has 6 nitrogen and oxygen atoms in total. The molecule has 0 fully saturated rings. The van der Waals surface area contributed by atoms with Crippen LogP contribution in [0.5, 0.6) is 5.75 Å². The number of carbonyl (C=O) groups is 1. The number of esters is 1. The Morgan fingerprint density at radius 3 is 2.68 bits per heavy atom. The van der Waals surface area contributed by atoms with Crippen LogP contribution in [0, 0.1) is 5.82 Å². The fourth-order valence-electron chi connectivity index (χ4n) is 1.64. The third kappa shape index (κ3) is 3.51. The molecule has 0 aliphatic rings. The SMILES string of the molecule is CCOC(=O)c1n[nH]nc1-c1cc(OC(F)(F)F)ccc1F. The van der Waals surface area contributed by atoms with E-state index < -0.39 is 23.9 Å². The summed E-state index contributed by atoms with van der Waals surface area (Å²) in [5.41, 5.74) is -0.993. The maximum atomic E-state index is 13.8. The molecule has 22 heavy (non-hydrogen) atoms. The second kappa shape index (κ2) is 6.00. The van der Waals surface area contributed by atoms with Crippen molar-refractivity contribution in [1.82, 2.24) is 15.4 Å². The molecule has 0 aliphatic heterocycles. The van der Waals surface area contributed by atoms with E-state index in [1.54, 1.807) is 6.92 Å². The predicted octanol–water partition coefficient (Wildman–Crippen LogP) is 2.69. The molecule has 0 saturated carbocycles. The zero-order valence-corrected chi connectivity index (χ0v) is 11.1. The minimum atomic E-state index is -4.93. The maximum absolute atomic E-state index is 13.8. The molecule has 10 heteroatoms. The average Bonchev–Trinajstić information content (AvgIpc) is 2.89. The molecule has 0 radical (unpaired) electrons. The number of aromatic amines is 1. The van der Waals surface area contributed by atoms with Crippen LogP contribution in [0.4, 0.5) is 17.6 Å². The third-order valence-electron chi connectivity index (χ3n) is 2.44. The van der Waals surface area contributed by atoms with Crippen molar-refractivity contribution in [3.8, 4) is 17.0 Å². The number of nitrogens with zero attached hydrogens (tertiary/aromatic N) is 2. The highest BCUT2D eigenvalue weighted by atomic mass is 19.4. The van der Waals surface area contributed by atoms with Gasteiger partial charge in [0.2, 0.25) is 0 Å². The number of carbonyl (C=O) groups excluding carboxylic acids is 1. The van der Waals surface area contributed by atoms with Gasteiger partial charge in [-0.25, -0.2) is 9.18 Å². The number of benzene rings is 1. The van der Waals surface area contributed by atoms with E-state index >= 15 is 0 Å². The molecule has 1 heterocycles. The first-order chi connectivity index (χ1) is 10.3. The van der Waals surface area contributed by atoms with Crippen LogP contribution in [-0.2, 0) is 4.74 Å². The molecule has 0 bridgehead atoms. The Labute approximate surface area is 121 Å². The van der Waals surface area contributed by atoms with Crippen molar-refractivity contribution < 1.29 is 31.8 Å². The van der Waals surface area contributed by atoms with Crippen LogP contribution in [0.15, 0.2) is 18.2 Å². The summed E-state index contributed by atoms with van der Waals surface area (Å²) in [5.74, 6) is -2.43. The summed E-state index contributed by atoms with van der Waals surface area (Å²) in [6, 6.07) is 2.33. The fourth-order valence-corrected chi connectivity index (χ4v) is 1.64. The Morgan fingerprint density at radius 2 is 2.05 bits per heavy atom. The van der Waals surface area contributed by atoms with Crippen LogP contribution in [0.25, 0.3) is 11.3 Å². The number of alkyl halides is 3. The molecule has 1 aromatic heterocycles. The monoisotopic (exact) mass is 319 g/mol. The van der Waals surface area contributed by atoms with Crippen molar-refractivity contribution in [2.45, 2.75) is 13.3 Å². The maximum Gasteiger partial charge on any atom is 0.573 e. The van der Waals surface area contributed by atoms with Crippen molar-refractivity contribution in [3.63, 3.8) is 0 Å². The molecule has 0 atom stereocenters. The highest BCUT2D eigenvalue weighted by molar-refractivity contribution is 5.94. The number of aromatic nitrogens is 3. The summed E-state index contributed by atoms with van der Waals surface area (Å²) in [7, 11) is 0. The fraction of sp³-hybridized carbons (Fsp3) is 0.250. The van der Waals surface area contributed by atoms with Crippen molar-refractivity contribution in [2.24, 2.45) is 0 Å². The summed E-state index contributed by atoms with van der Waals surface area (Å²) in [4.78, 5) is 11.6.